The van der Waals surface area contributed by atoms with Gasteiger partial charge in [-0.1, -0.05) is 0 Å². The van der Waals surface area contributed by atoms with Crippen molar-refractivity contribution in [1.29, 1.82) is 0 Å². The highest BCUT2D eigenvalue weighted by atomic mass is 19.1. The van der Waals surface area contributed by atoms with Crippen molar-refractivity contribution in [3.05, 3.63) is 66.5 Å². The lowest BCUT2D eigenvalue weighted by Gasteiger charge is -2.03. The molecule has 156 valence electrons. The third-order valence-electron chi connectivity index (χ3n) is 5.40. The van der Waals surface area contributed by atoms with Crippen molar-refractivity contribution in [2.75, 3.05) is 0 Å². The maximum Gasteiger partial charge on any atom is 0.159 e. The Morgan fingerprint density at radius 2 is 1.88 bits per heavy atom. The van der Waals surface area contributed by atoms with Gasteiger partial charge in [-0.15, -0.1) is 0 Å². The fourth-order valence-electron chi connectivity index (χ4n) is 3.94. The van der Waals surface area contributed by atoms with Crippen LogP contribution in [0.4, 0.5) is 4.39 Å². The fraction of sp³-hybridized carbons (Fsp3) is 0.0870. The number of nitrogens with one attached hydrogen (secondary N) is 2. The van der Waals surface area contributed by atoms with Gasteiger partial charge in [-0.3, -0.25) is 14.8 Å². The van der Waals surface area contributed by atoms with Gasteiger partial charge in [0.05, 0.1) is 22.8 Å². The Bertz CT molecular complexity index is 1600. The van der Waals surface area contributed by atoms with Crippen LogP contribution in [0.5, 0.6) is 0 Å². The van der Waals surface area contributed by atoms with Crippen LogP contribution in [0.3, 0.4) is 0 Å². The average Bonchev–Trinajstić information content (AvgIpc) is 3.49. The van der Waals surface area contributed by atoms with E-state index in [1.807, 2.05) is 38.4 Å². The average molecular weight is 424 g/mol. The topological polar surface area (TPSA) is 101 Å². The van der Waals surface area contributed by atoms with Crippen LogP contribution in [0, 0.1) is 12.7 Å². The van der Waals surface area contributed by atoms with Gasteiger partial charge in [-0.2, -0.15) is 10.2 Å². The Balaban J connectivity index is 1.51. The molecule has 0 fully saturated rings. The second kappa shape index (κ2) is 6.81. The van der Waals surface area contributed by atoms with Crippen LogP contribution >= 0.6 is 0 Å². The number of hydrogen-bond donors (Lipinski definition) is 2. The maximum absolute atomic E-state index is 14.0. The van der Waals surface area contributed by atoms with E-state index < -0.39 is 0 Å². The van der Waals surface area contributed by atoms with Crippen molar-refractivity contribution in [1.82, 2.24) is 39.9 Å². The summed E-state index contributed by atoms with van der Waals surface area (Å²) < 4.78 is 15.8. The Kier molecular flexibility index (Phi) is 3.91. The number of nitrogens with zero attached hydrogens (tertiary/aromatic N) is 6. The lowest BCUT2D eigenvalue weighted by molar-refractivity contribution is 0.627. The number of imidazole rings is 1. The summed E-state index contributed by atoms with van der Waals surface area (Å²) in [4.78, 5) is 17.1. The zero-order valence-electron chi connectivity index (χ0n) is 17.3. The number of hydrogen-bond acceptors (Lipinski definition) is 5. The zero-order chi connectivity index (χ0) is 21.8. The molecule has 5 aromatic heterocycles. The normalized spacial score (nSPS) is 11.6. The van der Waals surface area contributed by atoms with Crippen molar-refractivity contribution in [2.24, 2.45) is 7.05 Å². The van der Waals surface area contributed by atoms with Crippen LogP contribution < -0.4 is 0 Å². The molecule has 0 aliphatic carbocycles. The number of H-pyrrole nitrogens is 2. The molecule has 1 aromatic carbocycles. The first-order chi connectivity index (χ1) is 15.5. The Labute approximate surface area is 181 Å². The number of aromatic amines is 2. The third kappa shape index (κ3) is 2.94. The van der Waals surface area contributed by atoms with E-state index in [1.54, 1.807) is 23.3 Å². The van der Waals surface area contributed by atoms with E-state index in [0.29, 0.717) is 33.9 Å². The van der Waals surface area contributed by atoms with Gasteiger partial charge in [0.15, 0.2) is 11.5 Å². The van der Waals surface area contributed by atoms with Gasteiger partial charge in [0.25, 0.3) is 0 Å². The molecule has 5 heterocycles. The van der Waals surface area contributed by atoms with E-state index in [4.69, 9.17) is 4.98 Å². The third-order valence-corrected chi connectivity index (χ3v) is 5.40. The second-order valence-corrected chi connectivity index (χ2v) is 7.75. The summed E-state index contributed by atoms with van der Waals surface area (Å²) in [6.45, 7) is 1.85. The maximum atomic E-state index is 14.0. The molecular weight excluding hydrogens is 407 g/mol. The molecule has 0 amide bonds. The highest BCUT2D eigenvalue weighted by molar-refractivity contribution is 5.96. The molecule has 32 heavy (non-hydrogen) atoms. The lowest BCUT2D eigenvalue weighted by Crippen LogP contribution is -1.88. The van der Waals surface area contributed by atoms with Gasteiger partial charge in [0.1, 0.15) is 17.0 Å². The number of halogens is 1. The first kappa shape index (κ1) is 18.4. The summed E-state index contributed by atoms with van der Waals surface area (Å²) in [6.07, 6.45) is 7.20. The predicted molar refractivity (Wildman–Crippen MR) is 119 cm³/mol. The smallest absolute Gasteiger partial charge is 0.159 e. The molecule has 9 heteroatoms. The van der Waals surface area contributed by atoms with E-state index in [1.165, 1.54) is 12.1 Å². The zero-order valence-corrected chi connectivity index (χ0v) is 17.3. The number of aromatic nitrogens is 8. The molecule has 6 rings (SSSR count). The predicted octanol–water partition coefficient (Wildman–Crippen LogP) is 4.41. The van der Waals surface area contributed by atoms with Crippen LogP contribution in [0.1, 0.15) is 5.56 Å². The molecule has 8 nitrogen and oxygen atoms in total. The van der Waals surface area contributed by atoms with Crippen LogP contribution in [-0.2, 0) is 7.05 Å². The van der Waals surface area contributed by atoms with Crippen LogP contribution in [0.25, 0.3) is 56.0 Å². The van der Waals surface area contributed by atoms with Gasteiger partial charge in [0, 0.05) is 42.3 Å². The van der Waals surface area contributed by atoms with Crippen LogP contribution in [0.2, 0.25) is 0 Å². The summed E-state index contributed by atoms with van der Waals surface area (Å²) in [7, 11) is 1.87. The first-order valence-corrected chi connectivity index (χ1v) is 10.0. The highest BCUT2D eigenvalue weighted by Crippen LogP contribution is 2.32. The first-order valence-electron chi connectivity index (χ1n) is 10.0. The summed E-state index contributed by atoms with van der Waals surface area (Å²) in [6, 6.07) is 8.71. The number of fused-ring (bicyclic) bond motifs is 2. The molecule has 0 saturated carbocycles. The minimum atomic E-state index is -0.304. The fourth-order valence-corrected chi connectivity index (χ4v) is 3.94. The number of rotatable bonds is 3. The molecule has 2 N–H and O–H groups in total. The molecule has 0 atom stereocenters. The summed E-state index contributed by atoms with van der Waals surface area (Å²) in [5, 5.41) is 12.5. The second-order valence-electron chi connectivity index (χ2n) is 7.75. The summed E-state index contributed by atoms with van der Waals surface area (Å²) in [5.74, 6) is 0.278. The Morgan fingerprint density at radius 1 is 0.969 bits per heavy atom. The van der Waals surface area contributed by atoms with Crippen molar-refractivity contribution >= 4 is 22.1 Å². The molecule has 0 aliphatic rings. The monoisotopic (exact) mass is 424 g/mol. The largest absolute Gasteiger partial charge is 0.336 e. The van der Waals surface area contributed by atoms with Gasteiger partial charge in [-0.05, 0) is 42.8 Å². The van der Waals surface area contributed by atoms with Crippen LogP contribution in [-0.4, -0.2) is 39.9 Å². The molecule has 0 unspecified atom stereocenters. The van der Waals surface area contributed by atoms with E-state index in [9.17, 15) is 4.39 Å². The van der Waals surface area contributed by atoms with Crippen molar-refractivity contribution < 1.29 is 4.39 Å². The molecular formula is C23H17FN8. The highest BCUT2D eigenvalue weighted by Gasteiger charge is 2.17. The van der Waals surface area contributed by atoms with E-state index in [0.717, 1.165) is 27.6 Å². The van der Waals surface area contributed by atoms with Crippen molar-refractivity contribution in [3.63, 3.8) is 0 Å². The molecule has 0 radical (unpaired) electrons. The molecule has 0 aliphatic heterocycles. The quantitative estimate of drug-likeness (QED) is 0.438. The molecule has 6 aromatic rings. The number of pyridine rings is 2. The molecule has 0 spiro atoms. The van der Waals surface area contributed by atoms with E-state index >= 15 is 0 Å². The standard InChI is InChI=1S/C23H17FN8/c1-12-5-13(7-16(24)6-12)19-21-18(3-4-25-19)28-23(29-21)20-17-8-14(9-26-22(17)31-30-20)15-10-27-32(2)11-15/h3-11H,1-2H3,(H,28,29)(H,26,30,31). The van der Waals surface area contributed by atoms with Gasteiger partial charge in [-0.25, -0.2) is 14.4 Å². The van der Waals surface area contributed by atoms with Crippen LogP contribution in [0.15, 0.2) is 55.1 Å². The molecule has 0 bridgehead atoms. The van der Waals surface area contributed by atoms with Gasteiger partial charge in [0.2, 0.25) is 0 Å². The SMILES string of the molecule is Cc1cc(F)cc(-c2nccc3[nH]c(-c4n[nH]c5ncc(-c6cnn(C)c6)cc45)nc23)c1. The van der Waals surface area contributed by atoms with Gasteiger partial charge < -0.3 is 4.98 Å². The van der Waals surface area contributed by atoms with Crippen molar-refractivity contribution in [3.8, 4) is 33.9 Å². The van der Waals surface area contributed by atoms with E-state index in [2.05, 4.69) is 30.2 Å². The summed E-state index contributed by atoms with van der Waals surface area (Å²) in [5.41, 5.74) is 6.76. The minimum absolute atomic E-state index is 0.304. The summed E-state index contributed by atoms with van der Waals surface area (Å²) >= 11 is 0. The Hall–Kier alpha value is -4.40. The van der Waals surface area contributed by atoms with Gasteiger partial charge >= 0.3 is 0 Å². The lowest BCUT2D eigenvalue weighted by atomic mass is 10.1. The number of aryl methyl sites for hydroxylation is 2. The number of benzene rings is 1. The molecule has 0 saturated heterocycles. The Morgan fingerprint density at radius 3 is 2.69 bits per heavy atom. The minimum Gasteiger partial charge on any atom is -0.336 e. The van der Waals surface area contributed by atoms with Crippen molar-refractivity contribution in [2.45, 2.75) is 6.92 Å². The van der Waals surface area contributed by atoms with E-state index in [-0.39, 0.29) is 5.82 Å².